The highest BCUT2D eigenvalue weighted by Crippen LogP contribution is 2.37. The van der Waals surface area contributed by atoms with E-state index in [9.17, 15) is 23.1 Å². The maximum atomic E-state index is 12.9. The van der Waals surface area contributed by atoms with Crippen molar-refractivity contribution in [2.24, 2.45) is 0 Å². The first-order valence-electron chi connectivity index (χ1n) is 7.96. The highest BCUT2D eigenvalue weighted by molar-refractivity contribution is 5.98. The minimum Gasteiger partial charge on any atom is -0.390 e. The van der Waals surface area contributed by atoms with Gasteiger partial charge < -0.3 is 15.7 Å². The Balaban J connectivity index is 1.83. The number of aliphatic hydroxyl groups is 1. The van der Waals surface area contributed by atoms with Crippen molar-refractivity contribution >= 4 is 17.3 Å². The van der Waals surface area contributed by atoms with Gasteiger partial charge in [0, 0.05) is 17.8 Å². The molecular weight excluding hydrogens is 345 g/mol. The predicted molar refractivity (Wildman–Crippen MR) is 92.8 cm³/mol. The largest absolute Gasteiger partial charge is 0.416 e. The summed E-state index contributed by atoms with van der Waals surface area (Å²) in [5.74, 6) is -0.345. The Hall–Kier alpha value is -2.80. The molecule has 7 heteroatoms. The number of anilines is 2. The fraction of sp³-hybridized carbons (Fsp3) is 0.211. The minimum atomic E-state index is -4.43. The number of alkyl halides is 3. The van der Waals surface area contributed by atoms with Crippen LogP contribution in [0, 0.1) is 0 Å². The molecule has 0 heterocycles. The van der Waals surface area contributed by atoms with Crippen LogP contribution in [0.3, 0.4) is 0 Å². The molecule has 2 atom stereocenters. The molecule has 0 bridgehead atoms. The number of carbonyl (C=O) groups is 1. The molecule has 0 spiro atoms. The Morgan fingerprint density at radius 1 is 1.19 bits per heavy atom. The summed E-state index contributed by atoms with van der Waals surface area (Å²) in [6.07, 6.45) is -3.73. The number of benzene rings is 2. The summed E-state index contributed by atoms with van der Waals surface area (Å²) in [5, 5.41) is 15.9. The van der Waals surface area contributed by atoms with E-state index in [4.69, 9.17) is 0 Å². The zero-order valence-electron chi connectivity index (χ0n) is 13.7. The first-order valence-corrected chi connectivity index (χ1v) is 7.96. The van der Waals surface area contributed by atoms with Gasteiger partial charge in [0.25, 0.3) is 0 Å². The first-order chi connectivity index (χ1) is 12.3. The van der Waals surface area contributed by atoms with Gasteiger partial charge in [0.15, 0.2) is 0 Å². The number of halogens is 3. The van der Waals surface area contributed by atoms with Gasteiger partial charge in [0.2, 0.25) is 5.91 Å². The van der Waals surface area contributed by atoms with Crippen molar-refractivity contribution in [1.82, 2.24) is 0 Å². The molecule has 2 aromatic rings. The zero-order chi connectivity index (χ0) is 18.9. The molecule has 0 saturated heterocycles. The third kappa shape index (κ3) is 3.72. The molecule has 1 aliphatic rings. The number of amides is 1. The molecule has 0 fully saturated rings. The molecule has 0 saturated carbocycles. The Labute approximate surface area is 148 Å². The van der Waals surface area contributed by atoms with E-state index < -0.39 is 23.9 Å². The van der Waals surface area contributed by atoms with Gasteiger partial charge in [-0.1, -0.05) is 18.7 Å². The number of fused-ring (bicyclic) bond motifs is 1. The van der Waals surface area contributed by atoms with E-state index in [2.05, 4.69) is 17.2 Å². The van der Waals surface area contributed by atoms with Crippen molar-refractivity contribution < 1.29 is 23.1 Å². The van der Waals surface area contributed by atoms with Gasteiger partial charge in [-0.3, -0.25) is 4.79 Å². The molecule has 0 aromatic heterocycles. The monoisotopic (exact) mass is 362 g/mol. The maximum absolute atomic E-state index is 12.9. The van der Waals surface area contributed by atoms with E-state index in [0.29, 0.717) is 12.1 Å². The summed E-state index contributed by atoms with van der Waals surface area (Å²) in [5.41, 5.74) is 1.70. The molecule has 136 valence electrons. The van der Waals surface area contributed by atoms with Crippen LogP contribution < -0.4 is 10.6 Å². The van der Waals surface area contributed by atoms with Crippen molar-refractivity contribution in [3.8, 4) is 0 Å². The lowest BCUT2D eigenvalue weighted by Crippen LogP contribution is -2.21. The Morgan fingerprint density at radius 3 is 2.65 bits per heavy atom. The third-order valence-corrected chi connectivity index (χ3v) is 4.26. The minimum absolute atomic E-state index is 0.278. The SMILES string of the molecule is C=CC(=O)Nc1ccc2c(c1)C[C@@H](O)[C@@H]2Nc1cccc(C(F)(F)F)c1. The standard InChI is InChI=1S/C19H17F3N2O2/c1-2-17(26)23-14-6-7-15-11(8-14)9-16(25)18(15)24-13-5-3-4-12(10-13)19(20,21)22/h2-8,10,16,18,24-25H,1,9H2,(H,23,26)/t16-,18-/m1/s1. The molecule has 0 unspecified atom stereocenters. The third-order valence-electron chi connectivity index (χ3n) is 4.26. The van der Waals surface area contributed by atoms with Gasteiger partial charge >= 0.3 is 6.18 Å². The van der Waals surface area contributed by atoms with Crippen molar-refractivity contribution in [1.29, 1.82) is 0 Å². The Bertz CT molecular complexity index is 849. The highest BCUT2D eigenvalue weighted by Gasteiger charge is 2.33. The molecule has 2 aromatic carbocycles. The molecule has 1 aliphatic carbocycles. The van der Waals surface area contributed by atoms with E-state index in [0.717, 1.165) is 29.3 Å². The molecule has 26 heavy (non-hydrogen) atoms. The fourth-order valence-electron chi connectivity index (χ4n) is 3.05. The lowest BCUT2D eigenvalue weighted by Gasteiger charge is -2.20. The van der Waals surface area contributed by atoms with Crippen molar-refractivity contribution in [3.05, 3.63) is 71.8 Å². The van der Waals surface area contributed by atoms with E-state index in [1.54, 1.807) is 18.2 Å². The average molecular weight is 362 g/mol. The van der Waals surface area contributed by atoms with Crippen molar-refractivity contribution in [2.75, 3.05) is 10.6 Å². The number of aliphatic hydroxyl groups excluding tert-OH is 1. The van der Waals surface area contributed by atoms with E-state index in [-0.39, 0.29) is 11.6 Å². The zero-order valence-corrected chi connectivity index (χ0v) is 13.7. The average Bonchev–Trinajstić information content (AvgIpc) is 2.89. The van der Waals surface area contributed by atoms with Crippen molar-refractivity contribution in [2.45, 2.75) is 24.7 Å². The predicted octanol–water partition coefficient (Wildman–Crippen LogP) is 3.90. The van der Waals surface area contributed by atoms with Crippen LogP contribution in [-0.2, 0) is 17.4 Å². The number of hydrogen-bond donors (Lipinski definition) is 3. The molecule has 4 nitrogen and oxygen atoms in total. The number of nitrogens with one attached hydrogen (secondary N) is 2. The summed E-state index contributed by atoms with van der Waals surface area (Å²) in [6.45, 7) is 3.38. The van der Waals surface area contributed by atoms with Crippen LogP contribution in [0.1, 0.15) is 22.7 Å². The van der Waals surface area contributed by atoms with Crippen LogP contribution in [0.4, 0.5) is 24.5 Å². The smallest absolute Gasteiger partial charge is 0.390 e. The van der Waals surface area contributed by atoms with Gasteiger partial charge in [0.1, 0.15) is 0 Å². The maximum Gasteiger partial charge on any atom is 0.416 e. The quantitative estimate of drug-likeness (QED) is 0.723. The summed E-state index contributed by atoms with van der Waals surface area (Å²) < 4.78 is 38.6. The van der Waals surface area contributed by atoms with Crippen LogP contribution in [0.5, 0.6) is 0 Å². The lowest BCUT2D eigenvalue weighted by atomic mass is 10.1. The van der Waals surface area contributed by atoms with Crippen LogP contribution in [0.15, 0.2) is 55.1 Å². The second kappa shape index (κ2) is 6.84. The summed E-state index contributed by atoms with van der Waals surface area (Å²) in [4.78, 5) is 11.4. The molecular formula is C19H17F3N2O2. The van der Waals surface area contributed by atoms with Crippen LogP contribution >= 0.6 is 0 Å². The van der Waals surface area contributed by atoms with E-state index >= 15 is 0 Å². The van der Waals surface area contributed by atoms with Crippen LogP contribution in [-0.4, -0.2) is 17.1 Å². The Morgan fingerprint density at radius 2 is 1.96 bits per heavy atom. The summed E-state index contributed by atoms with van der Waals surface area (Å²) >= 11 is 0. The summed E-state index contributed by atoms with van der Waals surface area (Å²) in [7, 11) is 0. The molecule has 0 radical (unpaired) electrons. The molecule has 3 rings (SSSR count). The van der Waals surface area contributed by atoms with E-state index in [1.807, 2.05) is 0 Å². The second-order valence-electron chi connectivity index (χ2n) is 6.08. The second-order valence-corrected chi connectivity index (χ2v) is 6.08. The topological polar surface area (TPSA) is 61.4 Å². The number of carbonyl (C=O) groups excluding carboxylic acids is 1. The van der Waals surface area contributed by atoms with Gasteiger partial charge in [-0.05, 0) is 47.5 Å². The first kappa shape index (κ1) is 18.0. The fourth-order valence-corrected chi connectivity index (χ4v) is 3.05. The van der Waals surface area contributed by atoms with E-state index in [1.165, 1.54) is 12.1 Å². The van der Waals surface area contributed by atoms with Gasteiger partial charge in [0.05, 0.1) is 17.7 Å². The summed E-state index contributed by atoms with van der Waals surface area (Å²) in [6, 6.07) is 9.50. The van der Waals surface area contributed by atoms with Gasteiger partial charge in [-0.25, -0.2) is 0 Å². The lowest BCUT2D eigenvalue weighted by molar-refractivity contribution is -0.137. The van der Waals surface area contributed by atoms with Crippen LogP contribution in [0.2, 0.25) is 0 Å². The normalized spacial score (nSPS) is 18.9. The molecule has 1 amide bonds. The van der Waals surface area contributed by atoms with Crippen molar-refractivity contribution in [3.63, 3.8) is 0 Å². The van der Waals surface area contributed by atoms with Gasteiger partial charge in [-0.2, -0.15) is 13.2 Å². The highest BCUT2D eigenvalue weighted by atomic mass is 19.4. The van der Waals surface area contributed by atoms with Crippen LogP contribution in [0.25, 0.3) is 0 Å². The number of hydrogen-bond acceptors (Lipinski definition) is 3. The number of rotatable bonds is 4. The molecule has 3 N–H and O–H groups in total. The molecule has 0 aliphatic heterocycles. The Kier molecular flexibility index (Phi) is 4.73. The van der Waals surface area contributed by atoms with Gasteiger partial charge in [-0.15, -0.1) is 0 Å².